The molecular weight excluding hydrogens is 452 g/mol. The zero-order valence-corrected chi connectivity index (χ0v) is 20.9. The third-order valence-electron chi connectivity index (χ3n) is 5.74. The van der Waals surface area contributed by atoms with E-state index in [1.165, 1.54) is 11.8 Å². The van der Waals surface area contributed by atoms with E-state index < -0.39 is 18.4 Å². The summed E-state index contributed by atoms with van der Waals surface area (Å²) in [6, 6.07) is 3.77. The standard InChI is InChI=1S/C26H33F2N5O2/c1-17-10-21(12-32-25(17)35-14-23(27)28)18(2)33(5)13-22(24(34)26(3,4)15-29)20(8-9-31-16-30)11-19-6-7-19/h8-12,16,18,23H,6-7,13-14H2,1-5H3,(H2,30,31)/b9-8-,22-20+. The van der Waals surface area contributed by atoms with Crippen molar-refractivity contribution in [2.45, 2.75) is 53.0 Å². The van der Waals surface area contributed by atoms with Crippen LogP contribution in [0.25, 0.3) is 0 Å². The summed E-state index contributed by atoms with van der Waals surface area (Å²) in [7, 11) is 1.87. The van der Waals surface area contributed by atoms with Crippen molar-refractivity contribution in [1.29, 1.82) is 5.26 Å². The number of alkyl halides is 2. The average molecular weight is 486 g/mol. The number of hydrogen-bond donors (Lipinski definition) is 1. The summed E-state index contributed by atoms with van der Waals surface area (Å²) in [4.78, 5) is 23.6. The van der Waals surface area contributed by atoms with Crippen LogP contribution >= 0.6 is 0 Å². The lowest BCUT2D eigenvalue weighted by atomic mass is 9.83. The number of nitrogens with two attached hydrogens (primary N) is 1. The zero-order chi connectivity index (χ0) is 26.2. The van der Waals surface area contributed by atoms with Crippen molar-refractivity contribution in [1.82, 2.24) is 9.88 Å². The Labute approximate surface area is 205 Å². The van der Waals surface area contributed by atoms with Gasteiger partial charge in [-0.2, -0.15) is 5.26 Å². The molecule has 1 aromatic rings. The molecule has 1 fully saturated rings. The Hall–Kier alpha value is -3.38. The van der Waals surface area contributed by atoms with E-state index in [1.54, 1.807) is 33.0 Å². The molecule has 9 heteroatoms. The molecule has 0 bridgehead atoms. The Bertz CT molecular complexity index is 1080. The van der Waals surface area contributed by atoms with Crippen LogP contribution < -0.4 is 10.5 Å². The highest BCUT2D eigenvalue weighted by atomic mass is 19.3. The highest BCUT2D eigenvalue weighted by Gasteiger charge is 2.32. The minimum Gasteiger partial charge on any atom is -0.471 e. The summed E-state index contributed by atoms with van der Waals surface area (Å²) in [6.45, 7) is 6.47. The lowest BCUT2D eigenvalue weighted by Crippen LogP contribution is -2.33. The number of pyridine rings is 1. The molecule has 2 rings (SSSR count). The minimum absolute atomic E-state index is 0.166. The molecule has 0 radical (unpaired) electrons. The molecule has 1 atom stereocenters. The van der Waals surface area contributed by atoms with Crippen LogP contribution in [0.2, 0.25) is 0 Å². The van der Waals surface area contributed by atoms with Crippen molar-refractivity contribution in [2.24, 2.45) is 16.1 Å². The lowest BCUT2D eigenvalue weighted by Gasteiger charge is -2.28. The van der Waals surface area contributed by atoms with Crippen LogP contribution in [0.5, 0.6) is 5.88 Å². The maximum Gasteiger partial charge on any atom is 0.272 e. The molecule has 2 N–H and O–H groups in total. The van der Waals surface area contributed by atoms with Crippen LogP contribution in [-0.4, -0.2) is 48.6 Å². The van der Waals surface area contributed by atoms with E-state index in [4.69, 9.17) is 10.5 Å². The topological polar surface area (TPSA) is 105 Å². The molecule has 1 aliphatic rings. The molecule has 0 saturated heterocycles. The van der Waals surface area contributed by atoms with Crippen molar-refractivity contribution < 1.29 is 18.3 Å². The predicted octanol–water partition coefficient (Wildman–Crippen LogP) is 4.66. The molecular formula is C26H33F2N5O2. The number of aryl methyl sites for hydroxylation is 1. The van der Waals surface area contributed by atoms with Crippen LogP contribution in [0.15, 0.2) is 52.3 Å². The van der Waals surface area contributed by atoms with E-state index in [9.17, 15) is 18.8 Å². The number of allylic oxidation sites excluding steroid dienone is 4. The lowest BCUT2D eigenvalue weighted by molar-refractivity contribution is -0.121. The number of hydrogen-bond acceptors (Lipinski definition) is 6. The van der Waals surface area contributed by atoms with Gasteiger partial charge in [-0.25, -0.2) is 18.8 Å². The maximum absolute atomic E-state index is 13.5. The molecule has 7 nitrogen and oxygen atoms in total. The van der Waals surface area contributed by atoms with Crippen molar-refractivity contribution in [2.75, 3.05) is 20.2 Å². The fourth-order valence-corrected chi connectivity index (χ4v) is 3.31. The summed E-state index contributed by atoms with van der Waals surface area (Å²) in [5.41, 5.74) is 8.03. The number of ether oxygens (including phenoxy) is 1. The van der Waals surface area contributed by atoms with E-state index in [0.717, 1.165) is 24.7 Å². The highest BCUT2D eigenvalue weighted by Crippen LogP contribution is 2.33. The second kappa shape index (κ2) is 12.4. The second-order valence-corrected chi connectivity index (χ2v) is 9.10. The van der Waals surface area contributed by atoms with Gasteiger partial charge in [0.2, 0.25) is 5.88 Å². The van der Waals surface area contributed by atoms with Gasteiger partial charge < -0.3 is 10.5 Å². The third kappa shape index (κ3) is 8.11. The molecule has 1 aliphatic carbocycles. The number of aromatic nitrogens is 1. The van der Waals surface area contributed by atoms with Crippen molar-refractivity contribution >= 4 is 12.1 Å². The fourth-order valence-electron chi connectivity index (χ4n) is 3.31. The van der Waals surface area contributed by atoms with E-state index in [1.807, 2.05) is 31.0 Å². The summed E-state index contributed by atoms with van der Waals surface area (Å²) in [5.74, 6) is -0.0997. The maximum atomic E-state index is 13.5. The van der Waals surface area contributed by atoms with E-state index in [0.29, 0.717) is 16.7 Å². The van der Waals surface area contributed by atoms with Gasteiger partial charge in [-0.1, -0.05) is 11.6 Å². The largest absolute Gasteiger partial charge is 0.471 e. The number of aliphatic imine (C=N–C) groups is 1. The zero-order valence-electron chi connectivity index (χ0n) is 20.9. The van der Waals surface area contributed by atoms with Gasteiger partial charge in [0.25, 0.3) is 6.43 Å². The Kier molecular flexibility index (Phi) is 9.84. The number of rotatable bonds is 12. The van der Waals surface area contributed by atoms with Gasteiger partial charge in [0.15, 0.2) is 12.4 Å². The molecule has 35 heavy (non-hydrogen) atoms. The Morgan fingerprint density at radius 2 is 2.11 bits per heavy atom. The summed E-state index contributed by atoms with van der Waals surface area (Å²) in [5, 5.41) is 9.61. The SMILES string of the molecule is Cc1cc(C(C)N(C)C/C(C(=O)C(C)(C)C#N)=C(C=C2CC2)/C=C\N=CN)cnc1OCC(F)F. The van der Waals surface area contributed by atoms with Gasteiger partial charge in [0, 0.05) is 36.1 Å². The normalized spacial score (nSPS) is 15.5. The number of nitrogens with zero attached hydrogens (tertiary/aromatic N) is 4. The summed E-state index contributed by atoms with van der Waals surface area (Å²) < 4.78 is 30.0. The van der Waals surface area contributed by atoms with Crippen LogP contribution in [0.1, 0.15) is 50.8 Å². The molecule has 1 aromatic heterocycles. The Balaban J connectivity index is 2.40. The van der Waals surface area contributed by atoms with Crippen LogP contribution in [0, 0.1) is 23.7 Å². The van der Waals surface area contributed by atoms with E-state index >= 15 is 0 Å². The number of ketones is 1. The molecule has 188 valence electrons. The van der Waals surface area contributed by atoms with Crippen molar-refractivity contribution in [3.63, 3.8) is 0 Å². The second-order valence-electron chi connectivity index (χ2n) is 9.10. The van der Waals surface area contributed by atoms with Crippen LogP contribution in [-0.2, 0) is 4.79 Å². The van der Waals surface area contributed by atoms with Gasteiger partial charge in [0.1, 0.15) is 5.41 Å². The number of nitriles is 1. The molecule has 1 unspecified atom stereocenters. The van der Waals surface area contributed by atoms with Crippen molar-refractivity contribution in [3.8, 4) is 11.9 Å². The molecule has 0 aliphatic heterocycles. The summed E-state index contributed by atoms with van der Waals surface area (Å²) >= 11 is 0. The first kappa shape index (κ1) is 27.9. The van der Waals surface area contributed by atoms with Crippen LogP contribution in [0.3, 0.4) is 0 Å². The quantitative estimate of drug-likeness (QED) is 0.200. The molecule has 0 spiro atoms. The number of carbonyl (C=O) groups is 1. The predicted molar refractivity (Wildman–Crippen MR) is 132 cm³/mol. The van der Waals surface area contributed by atoms with Gasteiger partial charge >= 0.3 is 0 Å². The van der Waals surface area contributed by atoms with Gasteiger partial charge in [-0.05, 0) is 70.9 Å². The molecule has 0 amide bonds. The Morgan fingerprint density at radius 3 is 2.66 bits per heavy atom. The number of likely N-dealkylation sites (N-methyl/N-ethyl adjacent to an activating group) is 1. The van der Waals surface area contributed by atoms with Gasteiger partial charge in [0.05, 0.1) is 12.4 Å². The monoisotopic (exact) mass is 485 g/mol. The fraction of sp³-hybridized carbons (Fsp3) is 0.462. The molecule has 1 heterocycles. The van der Waals surface area contributed by atoms with Gasteiger partial charge in [-0.15, -0.1) is 0 Å². The number of halogens is 2. The molecule has 1 saturated carbocycles. The first-order valence-corrected chi connectivity index (χ1v) is 11.4. The number of carbonyl (C=O) groups excluding carboxylic acids is 1. The van der Waals surface area contributed by atoms with Crippen molar-refractivity contribution in [3.05, 3.63) is 58.5 Å². The third-order valence-corrected chi connectivity index (χ3v) is 5.74. The van der Waals surface area contributed by atoms with E-state index in [-0.39, 0.29) is 24.2 Å². The van der Waals surface area contributed by atoms with Crippen LogP contribution in [0.4, 0.5) is 8.78 Å². The smallest absolute Gasteiger partial charge is 0.272 e. The highest BCUT2D eigenvalue weighted by molar-refractivity contribution is 6.03. The number of Topliss-reactive ketones (excluding diaryl/α,β-unsaturated/α-hetero) is 1. The summed E-state index contributed by atoms with van der Waals surface area (Å²) in [6.07, 6.45) is 7.34. The van der Waals surface area contributed by atoms with Gasteiger partial charge in [-0.3, -0.25) is 9.69 Å². The average Bonchev–Trinajstić information content (AvgIpc) is 3.64. The minimum atomic E-state index is -2.58. The first-order valence-electron chi connectivity index (χ1n) is 11.4. The first-order chi connectivity index (χ1) is 16.5. The van der Waals surface area contributed by atoms with E-state index in [2.05, 4.69) is 16.0 Å². The molecule has 0 aromatic carbocycles. The Morgan fingerprint density at radius 1 is 1.43 bits per heavy atom.